The first-order valence-corrected chi connectivity index (χ1v) is 6.92. The fourth-order valence-corrected chi connectivity index (χ4v) is 2.74. The average Bonchev–Trinajstić information content (AvgIpc) is 2.48. The van der Waals surface area contributed by atoms with Gasteiger partial charge < -0.3 is 4.74 Å². The van der Waals surface area contributed by atoms with E-state index in [9.17, 15) is 0 Å². The van der Waals surface area contributed by atoms with Crippen molar-refractivity contribution >= 4 is 0 Å². The minimum atomic E-state index is -0.101. The van der Waals surface area contributed by atoms with Crippen molar-refractivity contribution in [2.75, 3.05) is 6.61 Å². The molecule has 1 aliphatic heterocycles. The lowest BCUT2D eigenvalue weighted by atomic mass is 9.94. The number of benzene rings is 1. The Hall–Kier alpha value is -1.91. The first-order valence-electron chi connectivity index (χ1n) is 6.92. The van der Waals surface area contributed by atoms with Gasteiger partial charge in [0.15, 0.2) is 0 Å². The topological polar surface area (TPSA) is 60.2 Å². The molecule has 1 aromatic carbocycles. The minimum Gasteiger partial charge on any atom is -0.493 e. The molecule has 1 aliphatic rings. The van der Waals surface area contributed by atoms with Gasteiger partial charge >= 0.3 is 0 Å². The van der Waals surface area contributed by atoms with Gasteiger partial charge in [0.2, 0.25) is 0 Å². The van der Waals surface area contributed by atoms with Gasteiger partial charge in [-0.2, -0.15) is 0 Å². The van der Waals surface area contributed by atoms with Crippen LogP contribution in [0.3, 0.4) is 0 Å². The van der Waals surface area contributed by atoms with E-state index in [0.29, 0.717) is 0 Å². The van der Waals surface area contributed by atoms with Gasteiger partial charge in [0, 0.05) is 18.0 Å². The van der Waals surface area contributed by atoms with Crippen LogP contribution >= 0.6 is 0 Å². The zero-order valence-electron chi connectivity index (χ0n) is 11.6. The number of nitrogens with two attached hydrogens (primary N) is 1. The molecule has 0 spiro atoms. The highest BCUT2D eigenvalue weighted by atomic mass is 16.5. The van der Waals surface area contributed by atoms with Gasteiger partial charge in [-0.25, -0.2) is 5.43 Å². The molecular formula is C16H19N3O. The summed E-state index contributed by atoms with van der Waals surface area (Å²) in [6.07, 6.45) is 5.82. The number of hydrazine groups is 1. The van der Waals surface area contributed by atoms with Gasteiger partial charge in [0.1, 0.15) is 5.75 Å². The lowest BCUT2D eigenvalue weighted by molar-refractivity contribution is 0.283. The van der Waals surface area contributed by atoms with E-state index in [1.807, 2.05) is 19.3 Å². The molecule has 0 amide bonds. The molecule has 4 heteroatoms. The molecule has 3 N–H and O–H groups in total. The number of aromatic nitrogens is 1. The number of pyridine rings is 1. The Labute approximate surface area is 119 Å². The average molecular weight is 269 g/mol. The Morgan fingerprint density at radius 3 is 3.05 bits per heavy atom. The van der Waals surface area contributed by atoms with E-state index < -0.39 is 0 Å². The summed E-state index contributed by atoms with van der Waals surface area (Å²) >= 11 is 0. The molecule has 4 nitrogen and oxygen atoms in total. The highest BCUT2D eigenvalue weighted by Gasteiger charge is 2.21. The number of nitrogens with zero attached hydrogens (tertiary/aromatic N) is 1. The van der Waals surface area contributed by atoms with E-state index in [4.69, 9.17) is 10.6 Å². The van der Waals surface area contributed by atoms with Gasteiger partial charge in [0.05, 0.1) is 12.6 Å². The monoisotopic (exact) mass is 269 g/mol. The second-order valence-corrected chi connectivity index (χ2v) is 5.18. The van der Waals surface area contributed by atoms with Crippen molar-refractivity contribution in [2.24, 2.45) is 5.84 Å². The molecular weight excluding hydrogens is 250 g/mol. The van der Waals surface area contributed by atoms with Crippen molar-refractivity contribution in [3.05, 3.63) is 58.9 Å². The van der Waals surface area contributed by atoms with Crippen LogP contribution in [-0.4, -0.2) is 11.6 Å². The summed E-state index contributed by atoms with van der Waals surface area (Å²) in [4.78, 5) is 4.25. The van der Waals surface area contributed by atoms with E-state index >= 15 is 0 Å². The SMILES string of the molecule is Cc1cncc(C(NN)c2cccc3c2OCCC3)c1. The highest BCUT2D eigenvalue weighted by molar-refractivity contribution is 5.47. The van der Waals surface area contributed by atoms with E-state index in [1.54, 1.807) is 0 Å². The number of ether oxygens (including phenoxy) is 1. The fraction of sp³-hybridized carbons (Fsp3) is 0.312. The largest absolute Gasteiger partial charge is 0.493 e. The van der Waals surface area contributed by atoms with Crippen LogP contribution in [-0.2, 0) is 6.42 Å². The van der Waals surface area contributed by atoms with E-state index in [1.165, 1.54) is 5.56 Å². The maximum atomic E-state index is 5.87. The number of hydrogen-bond acceptors (Lipinski definition) is 4. The first kappa shape index (κ1) is 13.1. The molecule has 3 rings (SSSR count). The summed E-state index contributed by atoms with van der Waals surface area (Å²) < 4.78 is 5.87. The molecule has 2 aromatic rings. The van der Waals surface area contributed by atoms with Gasteiger partial charge in [-0.15, -0.1) is 0 Å². The van der Waals surface area contributed by atoms with Crippen LogP contribution in [0.5, 0.6) is 5.75 Å². The van der Waals surface area contributed by atoms with Crippen LogP contribution in [0.25, 0.3) is 0 Å². The number of rotatable bonds is 3. The Morgan fingerprint density at radius 2 is 2.25 bits per heavy atom. The van der Waals surface area contributed by atoms with Gasteiger partial charge in [-0.05, 0) is 36.5 Å². The zero-order valence-corrected chi connectivity index (χ0v) is 11.6. The predicted molar refractivity (Wildman–Crippen MR) is 78.4 cm³/mol. The van der Waals surface area contributed by atoms with Gasteiger partial charge in [-0.1, -0.05) is 24.3 Å². The van der Waals surface area contributed by atoms with Crippen molar-refractivity contribution in [1.82, 2.24) is 10.4 Å². The Balaban J connectivity index is 2.06. The summed E-state index contributed by atoms with van der Waals surface area (Å²) in [7, 11) is 0. The molecule has 0 aliphatic carbocycles. The normalized spacial score (nSPS) is 15.3. The van der Waals surface area contributed by atoms with Crippen molar-refractivity contribution < 1.29 is 4.74 Å². The van der Waals surface area contributed by atoms with Crippen LogP contribution < -0.4 is 16.0 Å². The summed E-state index contributed by atoms with van der Waals surface area (Å²) in [5, 5.41) is 0. The second-order valence-electron chi connectivity index (χ2n) is 5.18. The Bertz CT molecular complexity index is 612. The zero-order chi connectivity index (χ0) is 13.9. The molecule has 0 radical (unpaired) electrons. The molecule has 1 atom stereocenters. The van der Waals surface area contributed by atoms with Crippen molar-refractivity contribution in [3.8, 4) is 5.75 Å². The number of para-hydroxylation sites is 1. The van der Waals surface area contributed by atoms with Gasteiger partial charge in [0.25, 0.3) is 0 Å². The molecule has 104 valence electrons. The van der Waals surface area contributed by atoms with Crippen LogP contribution in [0.4, 0.5) is 0 Å². The molecule has 20 heavy (non-hydrogen) atoms. The van der Waals surface area contributed by atoms with Crippen LogP contribution in [0.1, 0.15) is 34.7 Å². The van der Waals surface area contributed by atoms with Crippen molar-refractivity contribution in [1.29, 1.82) is 0 Å². The third-order valence-corrected chi connectivity index (χ3v) is 3.67. The Morgan fingerprint density at radius 1 is 1.35 bits per heavy atom. The number of fused-ring (bicyclic) bond motifs is 1. The van der Waals surface area contributed by atoms with Gasteiger partial charge in [-0.3, -0.25) is 10.8 Å². The summed E-state index contributed by atoms with van der Waals surface area (Å²) in [6, 6.07) is 8.25. The summed E-state index contributed by atoms with van der Waals surface area (Å²) in [5.74, 6) is 6.76. The summed E-state index contributed by atoms with van der Waals surface area (Å²) in [5.41, 5.74) is 7.40. The molecule has 0 saturated carbocycles. The quantitative estimate of drug-likeness (QED) is 0.663. The Kier molecular flexibility index (Phi) is 3.67. The van der Waals surface area contributed by atoms with Crippen LogP contribution in [0, 0.1) is 6.92 Å². The fourth-order valence-electron chi connectivity index (χ4n) is 2.74. The van der Waals surface area contributed by atoms with Crippen molar-refractivity contribution in [2.45, 2.75) is 25.8 Å². The smallest absolute Gasteiger partial charge is 0.127 e. The third kappa shape index (κ3) is 2.40. The molecule has 2 heterocycles. The third-order valence-electron chi connectivity index (χ3n) is 3.67. The molecule has 0 bridgehead atoms. The first-order chi connectivity index (χ1) is 9.79. The predicted octanol–water partition coefficient (Wildman–Crippen LogP) is 2.27. The lowest BCUT2D eigenvalue weighted by Crippen LogP contribution is -2.30. The molecule has 0 fully saturated rings. The second kappa shape index (κ2) is 5.61. The maximum Gasteiger partial charge on any atom is 0.127 e. The standard InChI is InChI=1S/C16H19N3O/c1-11-8-13(10-18-9-11)15(19-17)14-6-2-4-12-5-3-7-20-16(12)14/h2,4,6,8-10,15,19H,3,5,7,17H2,1H3. The van der Waals surface area contributed by atoms with Crippen molar-refractivity contribution in [3.63, 3.8) is 0 Å². The van der Waals surface area contributed by atoms with E-state index in [0.717, 1.165) is 41.9 Å². The number of nitrogens with one attached hydrogen (secondary N) is 1. The lowest BCUT2D eigenvalue weighted by Gasteiger charge is -2.25. The minimum absolute atomic E-state index is 0.101. The molecule has 1 unspecified atom stereocenters. The maximum absolute atomic E-state index is 5.87. The summed E-state index contributed by atoms with van der Waals surface area (Å²) in [6.45, 7) is 2.80. The van der Waals surface area contributed by atoms with Crippen LogP contribution in [0.15, 0.2) is 36.7 Å². The van der Waals surface area contributed by atoms with E-state index in [-0.39, 0.29) is 6.04 Å². The van der Waals surface area contributed by atoms with Crippen LogP contribution in [0.2, 0.25) is 0 Å². The molecule has 1 aromatic heterocycles. The van der Waals surface area contributed by atoms with E-state index in [2.05, 4.69) is 34.7 Å². The molecule has 0 saturated heterocycles. The number of aryl methyl sites for hydroxylation is 2. The number of hydrogen-bond donors (Lipinski definition) is 2. The highest BCUT2D eigenvalue weighted by Crippen LogP contribution is 2.35.